The van der Waals surface area contributed by atoms with E-state index in [1.165, 1.54) is 0 Å². The number of hydrogen-bond acceptors (Lipinski definition) is 3. The Balaban J connectivity index is 2.14. The van der Waals surface area contributed by atoms with Gasteiger partial charge in [0.2, 0.25) is 0 Å². The number of nitrogens with two attached hydrogens (primary N) is 1. The average molecular weight is 157 g/mol. The van der Waals surface area contributed by atoms with E-state index >= 15 is 0 Å². The second kappa shape index (κ2) is 1.76. The summed E-state index contributed by atoms with van der Waals surface area (Å²) in [4.78, 5) is 10.7. The number of rotatable bonds is 2. The SMILES string of the molecule is NCC12COC(C(=O)O)(C1)C2. The molecule has 3 N–H and O–H groups in total. The molecule has 1 aliphatic carbocycles. The largest absolute Gasteiger partial charge is 0.479 e. The van der Waals surface area contributed by atoms with Crippen LogP contribution in [0.2, 0.25) is 0 Å². The summed E-state index contributed by atoms with van der Waals surface area (Å²) < 4.78 is 5.19. The van der Waals surface area contributed by atoms with Crippen LogP contribution in [0.3, 0.4) is 0 Å². The first-order valence-corrected chi connectivity index (χ1v) is 3.70. The normalized spacial score (nSPS) is 47.0. The molecule has 3 rings (SSSR count). The van der Waals surface area contributed by atoms with E-state index in [-0.39, 0.29) is 5.41 Å². The fourth-order valence-corrected chi connectivity index (χ4v) is 2.07. The van der Waals surface area contributed by atoms with Gasteiger partial charge in [-0.25, -0.2) is 4.79 Å². The van der Waals surface area contributed by atoms with E-state index in [1.54, 1.807) is 0 Å². The van der Waals surface area contributed by atoms with E-state index in [0.717, 1.165) is 0 Å². The molecule has 4 heteroatoms. The van der Waals surface area contributed by atoms with Gasteiger partial charge in [-0.2, -0.15) is 0 Å². The van der Waals surface area contributed by atoms with Crippen LogP contribution in [0, 0.1) is 5.41 Å². The lowest BCUT2D eigenvalue weighted by atomic mass is 9.62. The summed E-state index contributed by atoms with van der Waals surface area (Å²) in [5.74, 6) is -0.834. The van der Waals surface area contributed by atoms with Gasteiger partial charge in [-0.05, 0) is 12.8 Å². The van der Waals surface area contributed by atoms with Crippen LogP contribution in [0.1, 0.15) is 12.8 Å². The molecule has 3 fully saturated rings. The molecule has 2 heterocycles. The van der Waals surface area contributed by atoms with Crippen LogP contribution in [0.4, 0.5) is 0 Å². The van der Waals surface area contributed by atoms with Gasteiger partial charge in [0, 0.05) is 12.0 Å². The summed E-state index contributed by atoms with van der Waals surface area (Å²) >= 11 is 0. The summed E-state index contributed by atoms with van der Waals surface area (Å²) in [5.41, 5.74) is 4.63. The highest BCUT2D eigenvalue weighted by Crippen LogP contribution is 2.57. The van der Waals surface area contributed by atoms with Gasteiger partial charge in [0.05, 0.1) is 6.61 Å². The van der Waals surface area contributed by atoms with Crippen molar-refractivity contribution < 1.29 is 14.6 Å². The Kier molecular flexibility index (Phi) is 1.13. The van der Waals surface area contributed by atoms with Crippen molar-refractivity contribution in [1.82, 2.24) is 0 Å². The van der Waals surface area contributed by atoms with Crippen molar-refractivity contribution in [2.24, 2.45) is 11.1 Å². The lowest BCUT2D eigenvalue weighted by Gasteiger charge is -2.40. The zero-order chi connectivity index (χ0) is 8.11. The average Bonchev–Trinajstić information content (AvgIpc) is 2.39. The number of fused-ring (bicyclic) bond motifs is 1. The zero-order valence-corrected chi connectivity index (χ0v) is 6.17. The lowest BCUT2D eigenvalue weighted by Crippen LogP contribution is -2.52. The van der Waals surface area contributed by atoms with Crippen LogP contribution in [-0.2, 0) is 9.53 Å². The van der Waals surface area contributed by atoms with E-state index in [0.29, 0.717) is 26.0 Å². The van der Waals surface area contributed by atoms with Gasteiger partial charge in [-0.1, -0.05) is 0 Å². The van der Waals surface area contributed by atoms with E-state index < -0.39 is 11.6 Å². The molecule has 1 saturated carbocycles. The first-order valence-electron chi connectivity index (χ1n) is 3.70. The van der Waals surface area contributed by atoms with Crippen molar-refractivity contribution in [2.75, 3.05) is 13.2 Å². The molecule has 0 aromatic rings. The van der Waals surface area contributed by atoms with Crippen LogP contribution in [-0.4, -0.2) is 29.8 Å². The van der Waals surface area contributed by atoms with Gasteiger partial charge in [-0.3, -0.25) is 0 Å². The smallest absolute Gasteiger partial charge is 0.336 e. The Morgan fingerprint density at radius 2 is 2.27 bits per heavy atom. The molecule has 0 radical (unpaired) electrons. The topological polar surface area (TPSA) is 72.5 Å². The van der Waals surface area contributed by atoms with Gasteiger partial charge < -0.3 is 15.6 Å². The van der Waals surface area contributed by atoms with E-state index in [9.17, 15) is 4.79 Å². The number of hydrogen-bond donors (Lipinski definition) is 2. The minimum absolute atomic E-state index is 0.00160. The standard InChI is InChI=1S/C7H11NO3/c8-3-6-1-7(2-6,5(9)10)11-4-6/h1-4,8H2,(H,9,10). The molecule has 4 nitrogen and oxygen atoms in total. The molecule has 0 aromatic carbocycles. The minimum Gasteiger partial charge on any atom is -0.479 e. The van der Waals surface area contributed by atoms with Gasteiger partial charge in [0.25, 0.3) is 0 Å². The van der Waals surface area contributed by atoms with Crippen LogP contribution in [0.15, 0.2) is 0 Å². The summed E-state index contributed by atoms with van der Waals surface area (Å²) in [5, 5.41) is 8.75. The van der Waals surface area contributed by atoms with Crippen molar-refractivity contribution in [2.45, 2.75) is 18.4 Å². The molecule has 0 amide bonds. The number of carboxylic acids is 1. The molecule has 62 valence electrons. The molecular weight excluding hydrogens is 146 g/mol. The highest BCUT2D eigenvalue weighted by atomic mass is 16.5. The molecule has 2 aliphatic heterocycles. The number of aliphatic carboxylic acids is 1. The molecule has 0 spiro atoms. The fraction of sp³-hybridized carbons (Fsp3) is 0.857. The predicted molar refractivity (Wildman–Crippen MR) is 37.0 cm³/mol. The van der Waals surface area contributed by atoms with Crippen molar-refractivity contribution in [3.05, 3.63) is 0 Å². The van der Waals surface area contributed by atoms with Gasteiger partial charge in [-0.15, -0.1) is 0 Å². The quantitative estimate of drug-likeness (QED) is 0.571. The molecule has 2 saturated heterocycles. The van der Waals surface area contributed by atoms with Crippen LogP contribution < -0.4 is 5.73 Å². The number of ether oxygens (including phenoxy) is 1. The van der Waals surface area contributed by atoms with Crippen molar-refractivity contribution in [3.8, 4) is 0 Å². The first-order chi connectivity index (χ1) is 5.13. The first kappa shape index (κ1) is 7.06. The third kappa shape index (κ3) is 0.684. The maximum absolute atomic E-state index is 10.7. The fourth-order valence-electron chi connectivity index (χ4n) is 2.07. The minimum atomic E-state index is -0.862. The summed E-state index contributed by atoms with van der Waals surface area (Å²) in [6.07, 6.45) is 1.21. The Hall–Kier alpha value is -0.610. The number of carboxylic acid groups (broad SMARTS) is 1. The zero-order valence-electron chi connectivity index (χ0n) is 6.17. The maximum atomic E-state index is 10.7. The Morgan fingerprint density at radius 1 is 1.64 bits per heavy atom. The van der Waals surface area contributed by atoms with E-state index in [4.69, 9.17) is 15.6 Å². The van der Waals surface area contributed by atoms with Crippen molar-refractivity contribution in [3.63, 3.8) is 0 Å². The molecular formula is C7H11NO3. The summed E-state index contributed by atoms with van der Waals surface area (Å²) in [7, 11) is 0. The predicted octanol–water partition coefficient (Wildman–Crippen LogP) is -0.421. The van der Waals surface area contributed by atoms with Gasteiger partial charge in [0.1, 0.15) is 0 Å². The van der Waals surface area contributed by atoms with Crippen LogP contribution in [0.25, 0.3) is 0 Å². The second-order valence-corrected chi connectivity index (χ2v) is 3.65. The highest BCUT2D eigenvalue weighted by Gasteiger charge is 2.66. The van der Waals surface area contributed by atoms with Crippen LogP contribution in [0.5, 0.6) is 0 Å². The highest BCUT2D eigenvalue weighted by molar-refractivity contribution is 5.80. The summed E-state index contributed by atoms with van der Waals surface area (Å²) in [6.45, 7) is 1.07. The third-order valence-corrected chi connectivity index (χ3v) is 2.80. The lowest BCUT2D eigenvalue weighted by molar-refractivity contribution is -0.164. The summed E-state index contributed by atoms with van der Waals surface area (Å²) in [6, 6.07) is 0. The Morgan fingerprint density at radius 3 is 2.55 bits per heavy atom. The van der Waals surface area contributed by atoms with Gasteiger partial charge >= 0.3 is 5.97 Å². The molecule has 0 aromatic heterocycles. The maximum Gasteiger partial charge on any atom is 0.336 e. The molecule has 0 atom stereocenters. The Labute approximate surface area is 64.3 Å². The molecule has 2 bridgehead atoms. The van der Waals surface area contributed by atoms with Crippen LogP contribution >= 0.6 is 0 Å². The van der Waals surface area contributed by atoms with Gasteiger partial charge in [0.15, 0.2) is 5.60 Å². The van der Waals surface area contributed by atoms with Crippen molar-refractivity contribution in [1.29, 1.82) is 0 Å². The Bertz CT molecular complexity index is 208. The molecule has 11 heavy (non-hydrogen) atoms. The number of carbonyl (C=O) groups is 1. The molecule has 0 unspecified atom stereocenters. The third-order valence-electron chi connectivity index (χ3n) is 2.80. The molecule has 3 aliphatic rings. The monoisotopic (exact) mass is 157 g/mol. The van der Waals surface area contributed by atoms with E-state index in [1.807, 2.05) is 0 Å². The van der Waals surface area contributed by atoms with Crippen molar-refractivity contribution >= 4 is 5.97 Å². The van der Waals surface area contributed by atoms with E-state index in [2.05, 4.69) is 0 Å². The second-order valence-electron chi connectivity index (χ2n) is 3.65.